The van der Waals surface area contributed by atoms with Crippen molar-refractivity contribution in [2.45, 2.75) is 5.92 Å². The Hall–Kier alpha value is -3.15. The maximum Gasteiger partial charge on any atom is 0.232 e. The molecule has 2 aromatic heterocycles. The molecule has 0 N–H and O–H groups in total. The van der Waals surface area contributed by atoms with Crippen LogP contribution in [0.4, 0.5) is 0 Å². The van der Waals surface area contributed by atoms with Crippen LogP contribution in [-0.2, 0) is 0 Å². The van der Waals surface area contributed by atoms with E-state index < -0.39 is 11.7 Å². The zero-order valence-corrected chi connectivity index (χ0v) is 17.4. The molecule has 29 heavy (non-hydrogen) atoms. The molecule has 3 rings (SSSR count). The van der Waals surface area contributed by atoms with Crippen molar-refractivity contribution < 1.29 is 19.0 Å². The number of methoxy groups -OCH3 is 3. The summed E-state index contributed by atoms with van der Waals surface area (Å²) in [5.74, 6) is -0.133. The number of ether oxygens (including phenoxy) is 3. The van der Waals surface area contributed by atoms with E-state index in [0.717, 1.165) is 5.56 Å². The molecule has 0 bridgehead atoms. The molecule has 0 spiro atoms. The highest BCUT2D eigenvalue weighted by molar-refractivity contribution is 7.10. The summed E-state index contributed by atoms with van der Waals surface area (Å²) in [6.07, 6.45) is 1.33. The first-order chi connectivity index (χ1) is 14.0. The van der Waals surface area contributed by atoms with Crippen LogP contribution in [0.5, 0.6) is 17.4 Å². The molecule has 0 saturated heterocycles. The molecule has 0 amide bonds. The molecule has 0 aliphatic heterocycles. The van der Waals surface area contributed by atoms with Gasteiger partial charge in [0.1, 0.15) is 10.0 Å². The van der Waals surface area contributed by atoms with E-state index in [4.69, 9.17) is 25.8 Å². The first kappa shape index (κ1) is 20.6. The number of nitriles is 1. The van der Waals surface area contributed by atoms with Crippen LogP contribution in [0, 0.1) is 11.3 Å². The van der Waals surface area contributed by atoms with Gasteiger partial charge in [0, 0.05) is 22.7 Å². The van der Waals surface area contributed by atoms with Crippen molar-refractivity contribution in [1.82, 2.24) is 9.97 Å². The van der Waals surface area contributed by atoms with Crippen LogP contribution in [0.25, 0.3) is 11.3 Å². The van der Waals surface area contributed by atoms with Crippen LogP contribution in [0.3, 0.4) is 0 Å². The molecule has 148 valence electrons. The second-order valence-corrected chi connectivity index (χ2v) is 7.08. The summed E-state index contributed by atoms with van der Waals surface area (Å²) in [7, 11) is 4.54. The van der Waals surface area contributed by atoms with Gasteiger partial charge < -0.3 is 14.2 Å². The van der Waals surface area contributed by atoms with E-state index in [1.165, 1.54) is 30.7 Å². The number of halogens is 1. The number of aromatic nitrogens is 2. The number of carbonyl (C=O) groups excluding carboxylic acids is 1. The Bertz CT molecular complexity index is 1090. The van der Waals surface area contributed by atoms with Gasteiger partial charge in [-0.05, 0) is 24.3 Å². The Morgan fingerprint density at radius 3 is 2.55 bits per heavy atom. The van der Waals surface area contributed by atoms with E-state index in [1.54, 1.807) is 31.7 Å². The maximum atomic E-state index is 12.8. The number of thiazole rings is 1. The van der Waals surface area contributed by atoms with Crippen LogP contribution >= 0.6 is 22.9 Å². The first-order valence-electron chi connectivity index (χ1n) is 8.33. The lowest BCUT2D eigenvalue weighted by Crippen LogP contribution is -2.11. The van der Waals surface area contributed by atoms with Gasteiger partial charge in [-0.3, -0.25) is 4.79 Å². The highest BCUT2D eigenvalue weighted by Crippen LogP contribution is 2.34. The van der Waals surface area contributed by atoms with Gasteiger partial charge in [0.2, 0.25) is 5.88 Å². The summed E-state index contributed by atoms with van der Waals surface area (Å²) in [6.45, 7) is 0. The summed E-state index contributed by atoms with van der Waals surface area (Å²) >= 11 is 7.28. The Kier molecular flexibility index (Phi) is 6.32. The molecule has 0 saturated carbocycles. The standard InChI is InChI=1S/C20H16ClN3O4S/c1-26-16-5-4-11(7-17(16)27-2)15-10-29-20(24-15)13(8-22)18(25)12-6-14(21)19(28-3)23-9-12/h4-7,9-10,13H,1-3H3. The minimum atomic E-state index is -1.07. The minimum Gasteiger partial charge on any atom is -0.493 e. The third kappa shape index (κ3) is 4.16. The normalized spacial score (nSPS) is 11.4. The van der Waals surface area contributed by atoms with E-state index >= 15 is 0 Å². The molecule has 3 aromatic rings. The fraction of sp³-hybridized carbons (Fsp3) is 0.200. The number of pyridine rings is 1. The number of Topliss-reactive ketones (excluding diaryl/α,β-unsaturated/α-hetero) is 1. The average Bonchev–Trinajstić information content (AvgIpc) is 3.23. The third-order valence-electron chi connectivity index (χ3n) is 4.12. The molecule has 1 unspecified atom stereocenters. The van der Waals surface area contributed by atoms with Gasteiger partial charge >= 0.3 is 0 Å². The highest BCUT2D eigenvalue weighted by atomic mass is 35.5. The molecule has 9 heteroatoms. The molecule has 0 aliphatic rings. The fourth-order valence-corrected chi connectivity index (χ4v) is 3.76. The molecular formula is C20H16ClN3O4S. The van der Waals surface area contributed by atoms with Gasteiger partial charge in [-0.1, -0.05) is 11.6 Å². The van der Waals surface area contributed by atoms with Crippen LogP contribution in [0.1, 0.15) is 21.3 Å². The van der Waals surface area contributed by atoms with E-state index in [2.05, 4.69) is 9.97 Å². The van der Waals surface area contributed by atoms with Crippen LogP contribution < -0.4 is 14.2 Å². The van der Waals surface area contributed by atoms with Crippen LogP contribution in [0.2, 0.25) is 5.02 Å². The molecule has 1 atom stereocenters. The molecule has 0 aliphatic carbocycles. The van der Waals surface area contributed by atoms with Crippen molar-refractivity contribution in [3.8, 4) is 34.7 Å². The van der Waals surface area contributed by atoms with Crippen molar-refractivity contribution in [2.24, 2.45) is 0 Å². The summed E-state index contributed by atoms with van der Waals surface area (Å²) in [5, 5.41) is 12.0. The number of hydrogen-bond acceptors (Lipinski definition) is 8. The lowest BCUT2D eigenvalue weighted by molar-refractivity contribution is 0.0978. The third-order valence-corrected chi connectivity index (χ3v) is 5.31. The largest absolute Gasteiger partial charge is 0.493 e. The molecule has 1 aromatic carbocycles. The Morgan fingerprint density at radius 1 is 1.17 bits per heavy atom. The second kappa shape index (κ2) is 8.90. The first-order valence-corrected chi connectivity index (χ1v) is 9.59. The predicted octanol–water partition coefficient (Wildman–Crippen LogP) is 4.37. The van der Waals surface area contributed by atoms with Gasteiger partial charge in [0.15, 0.2) is 23.2 Å². The number of nitrogens with zero attached hydrogens (tertiary/aromatic N) is 3. The van der Waals surface area contributed by atoms with Gasteiger partial charge in [0.05, 0.1) is 33.1 Å². The monoisotopic (exact) mass is 429 g/mol. The number of carbonyl (C=O) groups is 1. The summed E-state index contributed by atoms with van der Waals surface area (Å²) < 4.78 is 15.5. The maximum absolute atomic E-state index is 12.8. The zero-order valence-electron chi connectivity index (χ0n) is 15.8. The Morgan fingerprint density at radius 2 is 1.93 bits per heavy atom. The number of benzene rings is 1. The van der Waals surface area contributed by atoms with Gasteiger partial charge in [-0.15, -0.1) is 11.3 Å². The highest BCUT2D eigenvalue weighted by Gasteiger charge is 2.26. The minimum absolute atomic E-state index is 0.195. The smallest absolute Gasteiger partial charge is 0.232 e. The summed E-state index contributed by atoms with van der Waals surface area (Å²) in [5.41, 5.74) is 1.62. The molecular weight excluding hydrogens is 414 g/mol. The SMILES string of the molecule is COc1ccc(-c2csc(C(C#N)C(=O)c3cnc(OC)c(Cl)c3)n2)cc1OC. The number of ketones is 1. The summed E-state index contributed by atoms with van der Waals surface area (Å²) in [4.78, 5) is 21.3. The Balaban J connectivity index is 1.91. The molecule has 0 fully saturated rings. The number of hydrogen-bond donors (Lipinski definition) is 0. The van der Waals surface area contributed by atoms with Gasteiger partial charge in [0.25, 0.3) is 0 Å². The quantitative estimate of drug-likeness (QED) is 0.514. The van der Waals surface area contributed by atoms with Crippen LogP contribution in [0.15, 0.2) is 35.8 Å². The topological polar surface area (TPSA) is 94.3 Å². The van der Waals surface area contributed by atoms with Gasteiger partial charge in [-0.25, -0.2) is 9.97 Å². The van der Waals surface area contributed by atoms with Crippen molar-refractivity contribution in [3.63, 3.8) is 0 Å². The Labute approximate surface area is 176 Å². The van der Waals surface area contributed by atoms with E-state index in [0.29, 0.717) is 22.2 Å². The van der Waals surface area contributed by atoms with Crippen LogP contribution in [-0.4, -0.2) is 37.1 Å². The zero-order chi connectivity index (χ0) is 21.0. The van der Waals surface area contributed by atoms with Crippen molar-refractivity contribution in [1.29, 1.82) is 5.26 Å². The lowest BCUT2D eigenvalue weighted by atomic mass is 10.0. The molecule has 7 nitrogen and oxygen atoms in total. The average molecular weight is 430 g/mol. The van der Waals surface area contributed by atoms with E-state index in [1.807, 2.05) is 12.1 Å². The molecule has 2 heterocycles. The van der Waals surface area contributed by atoms with Crippen molar-refractivity contribution in [3.05, 3.63) is 51.4 Å². The van der Waals surface area contributed by atoms with Gasteiger partial charge in [-0.2, -0.15) is 5.26 Å². The lowest BCUT2D eigenvalue weighted by Gasteiger charge is -2.08. The van der Waals surface area contributed by atoms with E-state index in [9.17, 15) is 10.1 Å². The number of rotatable bonds is 7. The molecule has 0 radical (unpaired) electrons. The summed E-state index contributed by atoms with van der Waals surface area (Å²) in [6, 6.07) is 8.84. The predicted molar refractivity (Wildman–Crippen MR) is 109 cm³/mol. The van der Waals surface area contributed by atoms with Crippen molar-refractivity contribution in [2.75, 3.05) is 21.3 Å². The van der Waals surface area contributed by atoms with E-state index in [-0.39, 0.29) is 16.5 Å². The fourth-order valence-electron chi connectivity index (χ4n) is 2.65. The van der Waals surface area contributed by atoms with Crippen molar-refractivity contribution >= 4 is 28.7 Å². The second-order valence-electron chi connectivity index (χ2n) is 5.78.